The Morgan fingerprint density at radius 3 is 2.65 bits per heavy atom. The number of hydrogen-bond acceptors (Lipinski definition) is 4. The molecule has 5 heteroatoms. The lowest BCUT2D eigenvalue weighted by Gasteiger charge is -2.29. The average Bonchev–Trinajstić information content (AvgIpc) is 2.54. The van der Waals surface area contributed by atoms with Gasteiger partial charge in [0.2, 0.25) is 5.91 Å². The van der Waals surface area contributed by atoms with Gasteiger partial charge in [0.15, 0.2) is 0 Å². The average molecular weight is 309 g/mol. The molecule has 0 radical (unpaired) electrons. The number of nitrogens with zero attached hydrogens (tertiary/aromatic N) is 2. The number of carbonyl (C=O) groups is 2. The van der Waals surface area contributed by atoms with Crippen LogP contribution >= 0.6 is 0 Å². The maximum absolute atomic E-state index is 11.6. The van der Waals surface area contributed by atoms with E-state index in [0.717, 1.165) is 25.3 Å². The zero-order valence-corrected chi connectivity index (χ0v) is 13.1. The molecule has 1 N–H and O–H groups in total. The van der Waals surface area contributed by atoms with E-state index in [1.54, 1.807) is 6.20 Å². The Morgan fingerprint density at radius 1 is 1.17 bits per heavy atom. The molecular formula is C18H19N3O2. The number of fused-ring (bicyclic) bond motifs is 1. The topological polar surface area (TPSA) is 62.3 Å². The molecular weight excluding hydrogens is 290 g/mol. The minimum atomic E-state index is -0.307. The van der Waals surface area contributed by atoms with Gasteiger partial charge in [-0.25, -0.2) is 4.98 Å². The SMILES string of the molecule is CC(=O)CC(=O)Nc1ccc(N2CCc3ccccc3C2)nc1. The molecule has 118 valence electrons. The number of benzene rings is 1. The molecule has 0 fully saturated rings. The van der Waals surface area contributed by atoms with Crippen molar-refractivity contribution in [2.75, 3.05) is 16.8 Å². The van der Waals surface area contributed by atoms with E-state index < -0.39 is 0 Å². The monoisotopic (exact) mass is 309 g/mol. The lowest BCUT2D eigenvalue weighted by Crippen LogP contribution is -2.30. The molecule has 2 aromatic rings. The fourth-order valence-electron chi connectivity index (χ4n) is 2.77. The minimum Gasteiger partial charge on any atom is -0.352 e. The summed E-state index contributed by atoms with van der Waals surface area (Å²) < 4.78 is 0. The number of rotatable bonds is 4. The van der Waals surface area contributed by atoms with Crippen LogP contribution in [0.4, 0.5) is 11.5 Å². The quantitative estimate of drug-likeness (QED) is 0.882. The number of Topliss-reactive ketones (excluding diaryl/α,β-unsaturated/α-hetero) is 1. The van der Waals surface area contributed by atoms with Crippen LogP contribution in [0.5, 0.6) is 0 Å². The highest BCUT2D eigenvalue weighted by atomic mass is 16.2. The van der Waals surface area contributed by atoms with Crippen LogP contribution in [-0.4, -0.2) is 23.2 Å². The molecule has 0 spiro atoms. The lowest BCUT2D eigenvalue weighted by atomic mass is 10.00. The molecule has 5 nitrogen and oxygen atoms in total. The summed E-state index contributed by atoms with van der Waals surface area (Å²) in [4.78, 5) is 29.2. The molecule has 0 unspecified atom stereocenters. The van der Waals surface area contributed by atoms with Crippen LogP contribution in [-0.2, 0) is 22.6 Å². The van der Waals surface area contributed by atoms with E-state index in [0.29, 0.717) is 5.69 Å². The number of nitrogens with one attached hydrogen (secondary N) is 1. The Balaban J connectivity index is 1.66. The molecule has 0 saturated heterocycles. The Hall–Kier alpha value is -2.69. The van der Waals surface area contributed by atoms with E-state index in [9.17, 15) is 9.59 Å². The van der Waals surface area contributed by atoms with Crippen molar-refractivity contribution >= 4 is 23.2 Å². The van der Waals surface area contributed by atoms with Crippen molar-refractivity contribution in [2.45, 2.75) is 26.3 Å². The second kappa shape index (κ2) is 6.60. The van der Waals surface area contributed by atoms with E-state index in [1.807, 2.05) is 12.1 Å². The standard InChI is InChI=1S/C18H19N3O2/c1-13(22)10-18(23)20-16-6-7-17(19-11-16)21-9-8-14-4-2-3-5-15(14)12-21/h2-7,11H,8-10,12H2,1H3,(H,20,23). The number of aromatic nitrogens is 1. The molecule has 1 aromatic carbocycles. The maximum atomic E-state index is 11.6. The van der Waals surface area contributed by atoms with Crippen LogP contribution in [0.15, 0.2) is 42.6 Å². The molecule has 1 aliphatic rings. The normalized spacial score (nSPS) is 13.3. The van der Waals surface area contributed by atoms with Gasteiger partial charge in [0.25, 0.3) is 0 Å². The van der Waals surface area contributed by atoms with Gasteiger partial charge in [-0.2, -0.15) is 0 Å². The number of ketones is 1. The molecule has 1 aliphatic heterocycles. The first-order valence-electron chi connectivity index (χ1n) is 7.69. The summed E-state index contributed by atoms with van der Waals surface area (Å²) in [5.74, 6) is 0.432. The molecule has 0 atom stereocenters. The summed E-state index contributed by atoms with van der Waals surface area (Å²) in [5, 5.41) is 2.68. The lowest BCUT2D eigenvalue weighted by molar-refractivity contribution is -0.124. The van der Waals surface area contributed by atoms with Gasteiger partial charge in [0, 0.05) is 13.1 Å². The van der Waals surface area contributed by atoms with Crippen molar-refractivity contribution in [3.63, 3.8) is 0 Å². The highest BCUT2D eigenvalue weighted by molar-refractivity contribution is 6.03. The molecule has 0 aliphatic carbocycles. The van der Waals surface area contributed by atoms with Crippen LogP contribution in [0.2, 0.25) is 0 Å². The first kappa shape index (κ1) is 15.2. The predicted molar refractivity (Wildman–Crippen MR) is 89.4 cm³/mol. The molecule has 0 bridgehead atoms. The van der Waals surface area contributed by atoms with Crippen molar-refractivity contribution in [2.24, 2.45) is 0 Å². The number of pyridine rings is 1. The van der Waals surface area contributed by atoms with Gasteiger partial charge in [-0.3, -0.25) is 9.59 Å². The Labute approximate surface area is 135 Å². The molecule has 0 saturated carbocycles. The predicted octanol–water partition coefficient (Wildman–Crippen LogP) is 2.56. The van der Waals surface area contributed by atoms with Crippen molar-refractivity contribution in [1.29, 1.82) is 0 Å². The first-order chi connectivity index (χ1) is 11.1. The second-order valence-corrected chi connectivity index (χ2v) is 5.77. The smallest absolute Gasteiger partial charge is 0.231 e. The minimum absolute atomic E-state index is 0.106. The van der Waals surface area contributed by atoms with Gasteiger partial charge in [-0.1, -0.05) is 24.3 Å². The highest BCUT2D eigenvalue weighted by Gasteiger charge is 2.17. The van der Waals surface area contributed by atoms with Crippen LogP contribution in [0, 0.1) is 0 Å². The van der Waals surface area contributed by atoms with E-state index in [4.69, 9.17) is 0 Å². The largest absolute Gasteiger partial charge is 0.352 e. The third-order valence-corrected chi connectivity index (χ3v) is 3.90. The van der Waals surface area contributed by atoms with Crippen molar-refractivity contribution < 1.29 is 9.59 Å². The number of carbonyl (C=O) groups excluding carboxylic acids is 2. The van der Waals surface area contributed by atoms with Crippen LogP contribution < -0.4 is 10.2 Å². The molecule has 23 heavy (non-hydrogen) atoms. The molecule has 3 rings (SSSR count). The molecule has 1 aromatic heterocycles. The van der Waals surface area contributed by atoms with Gasteiger partial charge in [0.05, 0.1) is 18.3 Å². The van der Waals surface area contributed by atoms with Crippen molar-refractivity contribution in [3.05, 3.63) is 53.7 Å². The third kappa shape index (κ3) is 3.74. The summed E-state index contributed by atoms with van der Waals surface area (Å²) in [6.45, 7) is 3.17. The van der Waals surface area contributed by atoms with Gasteiger partial charge >= 0.3 is 0 Å². The zero-order valence-electron chi connectivity index (χ0n) is 13.1. The van der Waals surface area contributed by atoms with Gasteiger partial charge in [-0.05, 0) is 36.6 Å². The summed E-state index contributed by atoms with van der Waals surface area (Å²) in [5.41, 5.74) is 3.34. The van der Waals surface area contributed by atoms with E-state index in [1.165, 1.54) is 18.1 Å². The second-order valence-electron chi connectivity index (χ2n) is 5.77. The fraction of sp³-hybridized carbons (Fsp3) is 0.278. The molecule has 1 amide bonds. The van der Waals surface area contributed by atoms with Crippen LogP contribution in [0.1, 0.15) is 24.5 Å². The Bertz CT molecular complexity index is 725. The van der Waals surface area contributed by atoms with Crippen molar-refractivity contribution in [1.82, 2.24) is 4.98 Å². The Kier molecular flexibility index (Phi) is 4.37. The van der Waals surface area contributed by atoms with Crippen molar-refractivity contribution in [3.8, 4) is 0 Å². The summed E-state index contributed by atoms with van der Waals surface area (Å²) in [6, 6.07) is 12.2. The van der Waals surface area contributed by atoms with Gasteiger partial charge in [0.1, 0.15) is 11.6 Å². The summed E-state index contributed by atoms with van der Waals surface area (Å²) >= 11 is 0. The number of amides is 1. The summed E-state index contributed by atoms with van der Waals surface area (Å²) in [7, 11) is 0. The molecule has 2 heterocycles. The highest BCUT2D eigenvalue weighted by Crippen LogP contribution is 2.23. The third-order valence-electron chi connectivity index (χ3n) is 3.90. The summed E-state index contributed by atoms with van der Waals surface area (Å²) in [6.07, 6.45) is 2.54. The number of anilines is 2. The van der Waals surface area contributed by atoms with Crippen LogP contribution in [0.3, 0.4) is 0 Å². The van der Waals surface area contributed by atoms with E-state index in [-0.39, 0.29) is 18.1 Å². The van der Waals surface area contributed by atoms with E-state index in [2.05, 4.69) is 39.5 Å². The Morgan fingerprint density at radius 2 is 1.96 bits per heavy atom. The first-order valence-corrected chi connectivity index (χ1v) is 7.69. The maximum Gasteiger partial charge on any atom is 0.231 e. The van der Waals surface area contributed by atoms with Gasteiger partial charge < -0.3 is 10.2 Å². The zero-order chi connectivity index (χ0) is 16.2. The van der Waals surface area contributed by atoms with Gasteiger partial charge in [-0.15, -0.1) is 0 Å². The van der Waals surface area contributed by atoms with Crippen LogP contribution in [0.25, 0.3) is 0 Å². The number of hydrogen-bond donors (Lipinski definition) is 1. The fourth-order valence-corrected chi connectivity index (χ4v) is 2.77. The van der Waals surface area contributed by atoms with E-state index >= 15 is 0 Å².